The molecule has 1 aromatic heterocycles. The Balaban J connectivity index is 2.31. The maximum absolute atomic E-state index is 12.8. The Morgan fingerprint density at radius 3 is 2.52 bits per heavy atom. The van der Waals surface area contributed by atoms with Crippen molar-refractivity contribution >= 4 is 17.5 Å². The van der Waals surface area contributed by atoms with Gasteiger partial charge < -0.3 is 20.9 Å². The van der Waals surface area contributed by atoms with E-state index in [2.05, 4.69) is 0 Å². The van der Waals surface area contributed by atoms with Crippen LogP contribution in [0.3, 0.4) is 0 Å². The van der Waals surface area contributed by atoms with Gasteiger partial charge in [0.15, 0.2) is 0 Å². The fraction of sp³-hybridized carbons (Fsp3) is 0.600. The smallest absolute Gasteiger partial charge is 0.271 e. The first-order valence-electron chi connectivity index (χ1n) is 7.46. The van der Waals surface area contributed by atoms with Crippen molar-refractivity contribution in [2.24, 2.45) is 5.73 Å². The quantitative estimate of drug-likeness (QED) is 0.861. The number of anilines is 1. The van der Waals surface area contributed by atoms with E-state index in [0.29, 0.717) is 11.4 Å². The Morgan fingerprint density at radius 2 is 2.00 bits per heavy atom. The molecule has 6 nitrogen and oxygen atoms in total. The van der Waals surface area contributed by atoms with Crippen molar-refractivity contribution in [1.82, 2.24) is 9.47 Å². The van der Waals surface area contributed by atoms with Crippen molar-refractivity contribution < 1.29 is 9.59 Å². The lowest BCUT2D eigenvalue weighted by Gasteiger charge is -2.28. The Morgan fingerprint density at radius 1 is 1.38 bits per heavy atom. The van der Waals surface area contributed by atoms with Gasteiger partial charge in [-0.25, -0.2) is 0 Å². The van der Waals surface area contributed by atoms with Gasteiger partial charge in [-0.3, -0.25) is 9.59 Å². The van der Waals surface area contributed by atoms with Crippen molar-refractivity contribution in [1.29, 1.82) is 0 Å². The van der Waals surface area contributed by atoms with E-state index in [-0.39, 0.29) is 24.5 Å². The number of amides is 2. The second kappa shape index (κ2) is 6.20. The van der Waals surface area contributed by atoms with Crippen LogP contribution in [0.5, 0.6) is 0 Å². The van der Waals surface area contributed by atoms with Crippen LogP contribution in [-0.2, 0) is 4.79 Å². The van der Waals surface area contributed by atoms with Crippen molar-refractivity contribution in [3.05, 3.63) is 18.0 Å². The number of primary amides is 1. The van der Waals surface area contributed by atoms with Crippen LogP contribution in [0.1, 0.15) is 56.1 Å². The molecule has 21 heavy (non-hydrogen) atoms. The average Bonchev–Trinajstić information content (AvgIpc) is 3.03. The minimum Gasteiger partial charge on any atom is -0.397 e. The van der Waals surface area contributed by atoms with Gasteiger partial charge in [-0.15, -0.1) is 0 Å². The first-order valence-corrected chi connectivity index (χ1v) is 7.46. The second-order valence-corrected chi connectivity index (χ2v) is 6.00. The highest BCUT2D eigenvalue weighted by molar-refractivity contribution is 5.96. The summed E-state index contributed by atoms with van der Waals surface area (Å²) < 4.78 is 1.85. The zero-order chi connectivity index (χ0) is 15.6. The standard InChI is InChI=1S/C15H24N4O2/c1-10(2)18-8-11(16)7-13(18)15(21)19(9-14(17)20)12-5-3-4-6-12/h7-8,10,12H,3-6,9,16H2,1-2H3,(H2,17,20). The summed E-state index contributed by atoms with van der Waals surface area (Å²) in [5.41, 5.74) is 12.2. The maximum atomic E-state index is 12.8. The molecular formula is C15H24N4O2. The third-order valence-electron chi connectivity index (χ3n) is 4.00. The van der Waals surface area contributed by atoms with Crippen LogP contribution in [-0.4, -0.2) is 33.9 Å². The zero-order valence-electron chi connectivity index (χ0n) is 12.7. The lowest BCUT2D eigenvalue weighted by molar-refractivity contribution is -0.119. The van der Waals surface area contributed by atoms with E-state index in [0.717, 1.165) is 25.7 Å². The van der Waals surface area contributed by atoms with E-state index in [1.54, 1.807) is 17.2 Å². The van der Waals surface area contributed by atoms with Crippen LogP contribution >= 0.6 is 0 Å². The van der Waals surface area contributed by atoms with Crippen LogP contribution < -0.4 is 11.5 Å². The number of nitrogens with zero attached hydrogens (tertiary/aromatic N) is 2. The monoisotopic (exact) mass is 292 g/mol. The van der Waals surface area contributed by atoms with Crippen LogP contribution in [0.4, 0.5) is 5.69 Å². The van der Waals surface area contributed by atoms with Gasteiger partial charge in [0.05, 0.1) is 12.2 Å². The number of carbonyl (C=O) groups is 2. The molecule has 0 bridgehead atoms. The maximum Gasteiger partial charge on any atom is 0.271 e. The molecule has 0 saturated heterocycles. The van der Waals surface area contributed by atoms with Crippen LogP contribution in [0.2, 0.25) is 0 Å². The molecule has 0 unspecified atom stereocenters. The molecule has 0 aromatic carbocycles. The van der Waals surface area contributed by atoms with Crippen molar-refractivity contribution in [2.45, 2.75) is 51.6 Å². The van der Waals surface area contributed by atoms with E-state index in [1.165, 1.54) is 0 Å². The van der Waals surface area contributed by atoms with Gasteiger partial charge >= 0.3 is 0 Å². The molecule has 1 saturated carbocycles. The molecule has 116 valence electrons. The molecule has 1 aliphatic rings. The fourth-order valence-electron chi connectivity index (χ4n) is 3.00. The molecule has 1 fully saturated rings. The largest absolute Gasteiger partial charge is 0.397 e. The van der Waals surface area contributed by atoms with Crippen LogP contribution in [0.25, 0.3) is 0 Å². The highest BCUT2D eigenvalue weighted by atomic mass is 16.2. The average molecular weight is 292 g/mol. The summed E-state index contributed by atoms with van der Waals surface area (Å²) in [4.78, 5) is 25.8. The van der Waals surface area contributed by atoms with Gasteiger partial charge in [0.25, 0.3) is 5.91 Å². The summed E-state index contributed by atoms with van der Waals surface area (Å²) >= 11 is 0. The van der Waals surface area contributed by atoms with E-state index >= 15 is 0 Å². The van der Waals surface area contributed by atoms with Crippen molar-refractivity contribution in [3.63, 3.8) is 0 Å². The molecule has 6 heteroatoms. The SMILES string of the molecule is CC(C)n1cc(N)cc1C(=O)N(CC(N)=O)C1CCCC1. The van der Waals surface area contributed by atoms with E-state index in [9.17, 15) is 9.59 Å². The summed E-state index contributed by atoms with van der Waals surface area (Å²) in [6, 6.07) is 1.90. The van der Waals surface area contributed by atoms with Gasteiger partial charge in [0.1, 0.15) is 5.69 Å². The fourth-order valence-corrected chi connectivity index (χ4v) is 3.00. The summed E-state index contributed by atoms with van der Waals surface area (Å²) in [5, 5.41) is 0. The van der Waals surface area contributed by atoms with Crippen LogP contribution in [0, 0.1) is 0 Å². The molecule has 0 aliphatic heterocycles. The second-order valence-electron chi connectivity index (χ2n) is 6.00. The summed E-state index contributed by atoms with van der Waals surface area (Å²) in [7, 11) is 0. The molecule has 1 aromatic rings. The molecule has 1 aliphatic carbocycles. The molecule has 0 spiro atoms. The van der Waals surface area contributed by atoms with Gasteiger partial charge in [-0.2, -0.15) is 0 Å². The predicted octanol–water partition coefficient (Wildman–Crippen LogP) is 1.52. The zero-order valence-corrected chi connectivity index (χ0v) is 12.7. The molecule has 2 rings (SSSR count). The Kier molecular flexibility index (Phi) is 4.55. The Labute approximate surface area is 125 Å². The molecule has 4 N–H and O–H groups in total. The predicted molar refractivity (Wildman–Crippen MR) is 81.7 cm³/mol. The molecule has 0 radical (unpaired) electrons. The molecular weight excluding hydrogens is 268 g/mol. The van der Waals surface area contributed by atoms with Crippen LogP contribution in [0.15, 0.2) is 12.3 Å². The third-order valence-corrected chi connectivity index (χ3v) is 4.00. The Hall–Kier alpha value is -1.98. The normalized spacial score (nSPS) is 15.6. The Bertz CT molecular complexity index is 530. The van der Waals surface area contributed by atoms with Gasteiger partial charge in [0, 0.05) is 18.3 Å². The highest BCUT2D eigenvalue weighted by Crippen LogP contribution is 2.26. The summed E-state index contributed by atoms with van der Waals surface area (Å²) in [6.45, 7) is 3.95. The molecule has 0 atom stereocenters. The van der Waals surface area contributed by atoms with E-state index < -0.39 is 5.91 Å². The van der Waals surface area contributed by atoms with Crippen molar-refractivity contribution in [3.8, 4) is 0 Å². The highest BCUT2D eigenvalue weighted by Gasteiger charge is 2.30. The number of nitrogen functional groups attached to an aromatic ring is 1. The lowest BCUT2D eigenvalue weighted by atomic mass is 10.2. The van der Waals surface area contributed by atoms with Crippen molar-refractivity contribution in [2.75, 3.05) is 12.3 Å². The number of carbonyl (C=O) groups excluding carboxylic acids is 2. The van der Waals surface area contributed by atoms with Gasteiger partial charge in [-0.1, -0.05) is 12.8 Å². The van der Waals surface area contributed by atoms with E-state index in [1.807, 2.05) is 18.4 Å². The number of hydrogen-bond donors (Lipinski definition) is 2. The number of nitrogens with two attached hydrogens (primary N) is 2. The minimum absolute atomic E-state index is 0.0350. The third kappa shape index (κ3) is 3.37. The first-order chi connectivity index (χ1) is 9.90. The van der Waals surface area contributed by atoms with E-state index in [4.69, 9.17) is 11.5 Å². The number of aromatic nitrogens is 1. The molecule has 2 amide bonds. The lowest BCUT2D eigenvalue weighted by Crippen LogP contribution is -2.44. The molecule has 1 heterocycles. The summed E-state index contributed by atoms with van der Waals surface area (Å²) in [5.74, 6) is -0.642. The van der Waals surface area contributed by atoms with Gasteiger partial charge in [-0.05, 0) is 32.8 Å². The number of rotatable bonds is 5. The first kappa shape index (κ1) is 15.4. The summed E-state index contributed by atoms with van der Waals surface area (Å²) in [6.07, 6.45) is 5.78. The topological polar surface area (TPSA) is 94.3 Å². The number of hydrogen-bond acceptors (Lipinski definition) is 3. The minimum atomic E-state index is -0.481. The van der Waals surface area contributed by atoms with Gasteiger partial charge in [0.2, 0.25) is 5.91 Å².